The summed E-state index contributed by atoms with van der Waals surface area (Å²) in [5.74, 6) is 0. The van der Waals surface area contributed by atoms with E-state index in [1.165, 1.54) is 0 Å². The molecule has 0 bridgehead atoms. The van der Waals surface area contributed by atoms with Crippen molar-refractivity contribution in [3.63, 3.8) is 0 Å². The summed E-state index contributed by atoms with van der Waals surface area (Å²) in [6, 6.07) is 34.7. The molecule has 0 atom stereocenters. The standard InChI is InChI=1S/C31H28N4/c1-19-8-24(13-28(32)9-19)20-4-2-5-21(10-20)25-12-26(15-29(33)14-25)22-6-3-7-23(11-22)27-16-30(34)18-31(35)17-27/h2-18H,32-35H2,1H3. The van der Waals surface area contributed by atoms with Crippen molar-refractivity contribution in [2.75, 3.05) is 22.9 Å². The predicted molar refractivity (Wildman–Crippen MR) is 151 cm³/mol. The Bertz CT molecular complexity index is 1400. The second-order valence-electron chi connectivity index (χ2n) is 9.03. The Labute approximate surface area is 205 Å². The molecule has 5 aromatic rings. The zero-order valence-electron chi connectivity index (χ0n) is 19.6. The quantitative estimate of drug-likeness (QED) is 0.219. The number of aryl methyl sites for hydroxylation is 1. The third kappa shape index (κ3) is 4.82. The summed E-state index contributed by atoms with van der Waals surface area (Å²) in [6.45, 7) is 2.06. The maximum Gasteiger partial charge on any atom is 0.0340 e. The van der Waals surface area contributed by atoms with Crippen LogP contribution in [0.5, 0.6) is 0 Å². The minimum absolute atomic E-state index is 0.645. The van der Waals surface area contributed by atoms with E-state index in [0.717, 1.165) is 55.8 Å². The molecule has 0 spiro atoms. The van der Waals surface area contributed by atoms with E-state index in [0.29, 0.717) is 17.1 Å². The summed E-state index contributed by atoms with van der Waals surface area (Å²) < 4.78 is 0. The molecule has 35 heavy (non-hydrogen) atoms. The van der Waals surface area contributed by atoms with E-state index in [1.54, 1.807) is 6.07 Å². The van der Waals surface area contributed by atoms with E-state index in [4.69, 9.17) is 22.9 Å². The highest BCUT2D eigenvalue weighted by Gasteiger charge is 2.09. The van der Waals surface area contributed by atoms with Crippen LogP contribution >= 0.6 is 0 Å². The van der Waals surface area contributed by atoms with Crippen LogP contribution in [0.25, 0.3) is 44.5 Å². The predicted octanol–water partition coefficient (Wildman–Crippen LogP) is 6.99. The van der Waals surface area contributed by atoms with Gasteiger partial charge in [-0.25, -0.2) is 0 Å². The maximum absolute atomic E-state index is 6.36. The van der Waals surface area contributed by atoms with E-state index < -0.39 is 0 Å². The van der Waals surface area contributed by atoms with Crippen LogP contribution in [0.3, 0.4) is 0 Å². The Morgan fingerprint density at radius 3 is 1.09 bits per heavy atom. The molecule has 8 N–H and O–H groups in total. The van der Waals surface area contributed by atoms with Gasteiger partial charge in [0.25, 0.3) is 0 Å². The Morgan fingerprint density at radius 1 is 0.343 bits per heavy atom. The molecule has 5 rings (SSSR count). The average Bonchev–Trinajstić information content (AvgIpc) is 2.83. The number of nitrogen functional groups attached to an aromatic ring is 4. The van der Waals surface area contributed by atoms with Gasteiger partial charge in [-0.15, -0.1) is 0 Å². The van der Waals surface area contributed by atoms with E-state index in [1.807, 2.05) is 42.5 Å². The summed E-state index contributed by atoms with van der Waals surface area (Å²) in [6.07, 6.45) is 0. The molecule has 0 radical (unpaired) electrons. The first-order chi connectivity index (χ1) is 16.8. The van der Waals surface area contributed by atoms with Crippen molar-refractivity contribution in [1.29, 1.82) is 0 Å². The average molecular weight is 457 g/mol. The molecule has 0 aliphatic heterocycles. The molecule has 0 unspecified atom stereocenters. The first-order valence-corrected chi connectivity index (χ1v) is 11.5. The Balaban J connectivity index is 1.55. The van der Waals surface area contributed by atoms with Crippen LogP contribution in [-0.4, -0.2) is 0 Å². The molecule has 4 nitrogen and oxygen atoms in total. The van der Waals surface area contributed by atoms with E-state index in [9.17, 15) is 0 Å². The number of hydrogen-bond donors (Lipinski definition) is 4. The van der Waals surface area contributed by atoms with Crippen LogP contribution < -0.4 is 22.9 Å². The monoisotopic (exact) mass is 456 g/mol. The molecule has 0 aliphatic carbocycles. The molecular weight excluding hydrogens is 428 g/mol. The maximum atomic E-state index is 6.36. The normalized spacial score (nSPS) is 10.9. The van der Waals surface area contributed by atoms with Gasteiger partial charge in [0.15, 0.2) is 0 Å². The van der Waals surface area contributed by atoms with E-state index in [2.05, 4.69) is 61.5 Å². The number of benzene rings is 5. The van der Waals surface area contributed by atoms with Gasteiger partial charge in [-0.2, -0.15) is 0 Å². The molecule has 172 valence electrons. The lowest BCUT2D eigenvalue weighted by atomic mass is 9.94. The second kappa shape index (κ2) is 8.92. The van der Waals surface area contributed by atoms with Crippen LogP contribution in [-0.2, 0) is 0 Å². The van der Waals surface area contributed by atoms with Crippen molar-refractivity contribution in [3.8, 4) is 44.5 Å². The van der Waals surface area contributed by atoms with E-state index in [-0.39, 0.29) is 0 Å². The lowest BCUT2D eigenvalue weighted by Gasteiger charge is -2.12. The summed E-state index contributed by atoms with van der Waals surface area (Å²) in [4.78, 5) is 0. The summed E-state index contributed by atoms with van der Waals surface area (Å²) in [5.41, 5.74) is 36.9. The molecule has 0 aromatic heterocycles. The van der Waals surface area contributed by atoms with Crippen LogP contribution in [0.15, 0.2) is 103 Å². The highest BCUT2D eigenvalue weighted by Crippen LogP contribution is 2.34. The van der Waals surface area contributed by atoms with Crippen LogP contribution in [0.2, 0.25) is 0 Å². The number of anilines is 4. The van der Waals surface area contributed by atoms with Crippen molar-refractivity contribution in [2.24, 2.45) is 0 Å². The lowest BCUT2D eigenvalue weighted by molar-refractivity contribution is 1.46. The largest absolute Gasteiger partial charge is 0.399 e. The van der Waals surface area contributed by atoms with Crippen molar-refractivity contribution in [3.05, 3.63) is 109 Å². The van der Waals surface area contributed by atoms with Crippen LogP contribution in [0.1, 0.15) is 5.56 Å². The highest BCUT2D eigenvalue weighted by atomic mass is 14.6. The van der Waals surface area contributed by atoms with Gasteiger partial charge in [-0.1, -0.05) is 42.5 Å². The molecule has 0 amide bonds. The molecule has 4 heteroatoms. The lowest BCUT2D eigenvalue weighted by Crippen LogP contribution is -1.92. The van der Waals surface area contributed by atoms with Gasteiger partial charge in [0.2, 0.25) is 0 Å². The zero-order chi connectivity index (χ0) is 24.5. The molecule has 0 fully saturated rings. The van der Waals surface area contributed by atoms with Gasteiger partial charge < -0.3 is 22.9 Å². The zero-order valence-corrected chi connectivity index (χ0v) is 19.6. The first kappa shape index (κ1) is 22.1. The van der Waals surface area contributed by atoms with Gasteiger partial charge in [0.1, 0.15) is 0 Å². The SMILES string of the molecule is Cc1cc(N)cc(-c2cccc(-c3cc(N)cc(-c4cccc(-c5cc(N)cc(N)c5)c4)c3)c2)c1. The van der Waals surface area contributed by atoms with Crippen molar-refractivity contribution >= 4 is 22.7 Å². The fraction of sp³-hybridized carbons (Fsp3) is 0.0323. The second-order valence-corrected chi connectivity index (χ2v) is 9.03. The molecule has 0 saturated heterocycles. The Hall–Kier alpha value is -4.70. The highest BCUT2D eigenvalue weighted by molar-refractivity contribution is 5.83. The van der Waals surface area contributed by atoms with E-state index >= 15 is 0 Å². The number of hydrogen-bond acceptors (Lipinski definition) is 4. The van der Waals surface area contributed by atoms with Crippen molar-refractivity contribution in [1.82, 2.24) is 0 Å². The molecule has 0 heterocycles. The third-order valence-electron chi connectivity index (χ3n) is 6.09. The third-order valence-corrected chi connectivity index (χ3v) is 6.09. The Morgan fingerprint density at radius 2 is 0.657 bits per heavy atom. The molecule has 5 aromatic carbocycles. The fourth-order valence-electron chi connectivity index (χ4n) is 4.56. The van der Waals surface area contributed by atoms with Gasteiger partial charge in [-0.3, -0.25) is 0 Å². The molecular formula is C31H28N4. The van der Waals surface area contributed by atoms with Gasteiger partial charge in [0, 0.05) is 22.7 Å². The number of rotatable bonds is 4. The van der Waals surface area contributed by atoms with Crippen molar-refractivity contribution < 1.29 is 0 Å². The topological polar surface area (TPSA) is 104 Å². The van der Waals surface area contributed by atoms with Gasteiger partial charge in [0.05, 0.1) is 0 Å². The fourth-order valence-corrected chi connectivity index (χ4v) is 4.56. The number of nitrogens with two attached hydrogens (primary N) is 4. The van der Waals surface area contributed by atoms with Crippen molar-refractivity contribution in [2.45, 2.75) is 6.92 Å². The molecule has 0 saturated carbocycles. The summed E-state index contributed by atoms with van der Waals surface area (Å²) >= 11 is 0. The van der Waals surface area contributed by atoms with Crippen LogP contribution in [0.4, 0.5) is 22.7 Å². The summed E-state index contributed by atoms with van der Waals surface area (Å²) in [5, 5.41) is 0. The van der Waals surface area contributed by atoms with Gasteiger partial charge in [-0.05, 0) is 118 Å². The van der Waals surface area contributed by atoms with Crippen LogP contribution in [0, 0.1) is 6.92 Å². The minimum Gasteiger partial charge on any atom is -0.399 e. The molecule has 0 aliphatic rings. The summed E-state index contributed by atoms with van der Waals surface area (Å²) in [7, 11) is 0. The minimum atomic E-state index is 0.645. The van der Waals surface area contributed by atoms with Gasteiger partial charge >= 0.3 is 0 Å². The Kier molecular flexibility index (Phi) is 5.63. The smallest absolute Gasteiger partial charge is 0.0340 e. The first-order valence-electron chi connectivity index (χ1n) is 11.5.